The number of benzene rings is 1. The number of nitrogens with one attached hydrogen (secondary N) is 1. The van der Waals surface area contributed by atoms with Crippen molar-refractivity contribution in [3.05, 3.63) is 59.0 Å². The Morgan fingerprint density at radius 2 is 2.21 bits per heavy atom. The van der Waals surface area contributed by atoms with Crippen LogP contribution in [0.4, 0.5) is 10.2 Å². The fourth-order valence-corrected chi connectivity index (χ4v) is 3.19. The summed E-state index contributed by atoms with van der Waals surface area (Å²) in [5.41, 5.74) is 0.399. The van der Waals surface area contributed by atoms with E-state index in [0.29, 0.717) is 17.0 Å². The highest BCUT2D eigenvalue weighted by atomic mass is 35.5. The first-order valence-electron chi connectivity index (χ1n) is 8.01. The van der Waals surface area contributed by atoms with Crippen LogP contribution < -0.4 is 10.2 Å². The van der Waals surface area contributed by atoms with Crippen LogP contribution >= 0.6 is 11.6 Å². The number of nitrogens with zero attached hydrogens (tertiary/aromatic N) is 2. The molecule has 4 nitrogen and oxygen atoms in total. The largest absolute Gasteiger partial charge is 0.354 e. The van der Waals surface area contributed by atoms with E-state index in [1.54, 1.807) is 18.3 Å². The number of rotatable bonds is 5. The highest BCUT2D eigenvalue weighted by Crippen LogP contribution is 2.21. The number of carbonyl (C=O) groups excluding carboxylic acids is 1. The van der Waals surface area contributed by atoms with E-state index in [4.69, 9.17) is 11.6 Å². The topological polar surface area (TPSA) is 45.2 Å². The van der Waals surface area contributed by atoms with Crippen molar-refractivity contribution in [3.8, 4) is 0 Å². The second kappa shape index (κ2) is 7.62. The summed E-state index contributed by atoms with van der Waals surface area (Å²) in [5.74, 6) is 0.479. The molecule has 0 radical (unpaired) electrons. The van der Waals surface area contributed by atoms with Crippen molar-refractivity contribution in [1.29, 1.82) is 0 Å². The van der Waals surface area contributed by atoms with Gasteiger partial charge >= 0.3 is 0 Å². The fourth-order valence-electron chi connectivity index (χ4n) is 2.94. The van der Waals surface area contributed by atoms with Gasteiger partial charge in [-0.25, -0.2) is 9.37 Å². The number of aromatic nitrogens is 1. The van der Waals surface area contributed by atoms with Crippen LogP contribution in [0.2, 0.25) is 5.02 Å². The lowest BCUT2D eigenvalue weighted by Crippen LogP contribution is -2.37. The van der Waals surface area contributed by atoms with Gasteiger partial charge in [-0.05, 0) is 37.1 Å². The summed E-state index contributed by atoms with van der Waals surface area (Å²) in [6, 6.07) is 10.5. The summed E-state index contributed by atoms with van der Waals surface area (Å²) in [7, 11) is 0. The third kappa shape index (κ3) is 4.03. The molecule has 1 aliphatic rings. The van der Waals surface area contributed by atoms with Gasteiger partial charge in [0.15, 0.2) is 0 Å². The molecule has 24 heavy (non-hydrogen) atoms. The average molecular weight is 348 g/mol. The number of anilines is 1. The molecule has 0 saturated carbocycles. The molecule has 0 unspecified atom stereocenters. The van der Waals surface area contributed by atoms with E-state index in [9.17, 15) is 9.18 Å². The van der Waals surface area contributed by atoms with Gasteiger partial charge in [-0.15, -0.1) is 0 Å². The Hall–Kier alpha value is -2.14. The van der Waals surface area contributed by atoms with E-state index in [-0.39, 0.29) is 24.2 Å². The van der Waals surface area contributed by atoms with Crippen LogP contribution in [0.15, 0.2) is 42.6 Å². The third-order valence-electron chi connectivity index (χ3n) is 4.19. The minimum absolute atomic E-state index is 0.0813. The predicted octanol–water partition coefficient (Wildman–Crippen LogP) is 3.20. The molecule has 3 rings (SSSR count). The van der Waals surface area contributed by atoms with E-state index in [1.165, 1.54) is 6.07 Å². The first-order chi connectivity index (χ1) is 11.6. The van der Waals surface area contributed by atoms with E-state index in [2.05, 4.69) is 15.2 Å². The maximum atomic E-state index is 13.7. The SMILES string of the molecule is O=C(CCc1c(F)cccc1Cl)N[C@H]1CCN(c2ccccn2)C1. The molecule has 1 aromatic carbocycles. The lowest BCUT2D eigenvalue weighted by atomic mass is 10.1. The average Bonchev–Trinajstić information content (AvgIpc) is 3.03. The second-order valence-electron chi connectivity index (χ2n) is 5.89. The van der Waals surface area contributed by atoms with Crippen LogP contribution in [0.3, 0.4) is 0 Å². The van der Waals surface area contributed by atoms with Gasteiger partial charge in [0.2, 0.25) is 5.91 Å². The Labute approximate surface area is 145 Å². The van der Waals surface area contributed by atoms with E-state index >= 15 is 0 Å². The van der Waals surface area contributed by atoms with Gasteiger partial charge < -0.3 is 10.2 Å². The van der Waals surface area contributed by atoms with Crippen molar-refractivity contribution in [3.63, 3.8) is 0 Å². The lowest BCUT2D eigenvalue weighted by Gasteiger charge is -2.17. The molecule has 0 bridgehead atoms. The minimum Gasteiger partial charge on any atom is -0.354 e. The first kappa shape index (κ1) is 16.7. The molecule has 2 aromatic rings. The number of hydrogen-bond acceptors (Lipinski definition) is 3. The van der Waals surface area contributed by atoms with Crippen molar-refractivity contribution in [2.45, 2.75) is 25.3 Å². The molecule has 1 aromatic heterocycles. The van der Waals surface area contributed by atoms with Crippen LogP contribution in [0.1, 0.15) is 18.4 Å². The smallest absolute Gasteiger partial charge is 0.220 e. The summed E-state index contributed by atoms with van der Waals surface area (Å²) in [6.45, 7) is 1.60. The zero-order valence-electron chi connectivity index (χ0n) is 13.2. The molecule has 0 aliphatic carbocycles. The molecular formula is C18H19ClFN3O. The van der Waals surface area contributed by atoms with E-state index < -0.39 is 0 Å². The molecule has 1 N–H and O–H groups in total. The van der Waals surface area contributed by atoms with Crippen LogP contribution in [0, 0.1) is 5.82 Å². The zero-order chi connectivity index (χ0) is 16.9. The summed E-state index contributed by atoms with van der Waals surface area (Å²) in [4.78, 5) is 18.6. The molecule has 1 saturated heterocycles. The summed E-state index contributed by atoms with van der Waals surface area (Å²) in [5, 5.41) is 3.38. The van der Waals surface area contributed by atoms with Crippen LogP contribution in [-0.2, 0) is 11.2 Å². The summed E-state index contributed by atoms with van der Waals surface area (Å²) in [6.07, 6.45) is 3.16. The lowest BCUT2D eigenvalue weighted by molar-refractivity contribution is -0.121. The molecule has 0 spiro atoms. The third-order valence-corrected chi connectivity index (χ3v) is 4.54. The molecule has 2 heterocycles. The molecule has 1 aliphatic heterocycles. The van der Waals surface area contributed by atoms with Crippen molar-refractivity contribution < 1.29 is 9.18 Å². The van der Waals surface area contributed by atoms with E-state index in [0.717, 1.165) is 25.3 Å². The molecule has 6 heteroatoms. The number of amides is 1. The van der Waals surface area contributed by atoms with Gasteiger partial charge in [0.25, 0.3) is 0 Å². The van der Waals surface area contributed by atoms with Crippen LogP contribution in [0.25, 0.3) is 0 Å². The number of halogens is 2. The van der Waals surface area contributed by atoms with Gasteiger partial charge in [0, 0.05) is 42.3 Å². The Balaban J connectivity index is 1.49. The normalized spacial score (nSPS) is 17.1. The van der Waals surface area contributed by atoms with Gasteiger partial charge in [0.05, 0.1) is 0 Å². The number of hydrogen-bond donors (Lipinski definition) is 1. The van der Waals surface area contributed by atoms with Crippen molar-refractivity contribution in [2.24, 2.45) is 0 Å². The minimum atomic E-state index is -0.363. The van der Waals surface area contributed by atoms with Crippen molar-refractivity contribution in [1.82, 2.24) is 10.3 Å². The molecule has 1 atom stereocenters. The molecule has 1 amide bonds. The molecule has 126 valence electrons. The summed E-state index contributed by atoms with van der Waals surface area (Å²) >= 11 is 5.98. The van der Waals surface area contributed by atoms with Crippen LogP contribution in [0.5, 0.6) is 0 Å². The second-order valence-corrected chi connectivity index (χ2v) is 6.29. The van der Waals surface area contributed by atoms with Gasteiger partial charge in [-0.2, -0.15) is 0 Å². The Bertz CT molecular complexity index is 690. The van der Waals surface area contributed by atoms with Gasteiger partial charge in [-0.1, -0.05) is 23.7 Å². The maximum Gasteiger partial charge on any atom is 0.220 e. The Morgan fingerprint density at radius 1 is 1.33 bits per heavy atom. The monoisotopic (exact) mass is 347 g/mol. The molecule has 1 fully saturated rings. The standard InChI is InChI=1S/C18H19ClFN3O/c19-15-4-3-5-16(20)14(15)7-8-18(24)22-13-9-11-23(12-13)17-6-1-2-10-21-17/h1-6,10,13H,7-9,11-12H2,(H,22,24)/t13-/m0/s1. The fraction of sp³-hybridized carbons (Fsp3) is 0.333. The Kier molecular flexibility index (Phi) is 5.30. The van der Waals surface area contributed by atoms with Crippen LogP contribution in [-0.4, -0.2) is 30.0 Å². The number of carbonyl (C=O) groups is 1. The first-order valence-corrected chi connectivity index (χ1v) is 8.39. The molecular weight excluding hydrogens is 329 g/mol. The van der Waals surface area contributed by atoms with Gasteiger partial charge in [0.1, 0.15) is 11.6 Å². The van der Waals surface area contributed by atoms with E-state index in [1.807, 2.05) is 18.2 Å². The van der Waals surface area contributed by atoms with Gasteiger partial charge in [-0.3, -0.25) is 4.79 Å². The summed E-state index contributed by atoms with van der Waals surface area (Å²) < 4.78 is 13.7. The number of pyridine rings is 1. The predicted molar refractivity (Wildman–Crippen MR) is 92.7 cm³/mol. The zero-order valence-corrected chi connectivity index (χ0v) is 14.0. The highest BCUT2D eigenvalue weighted by molar-refractivity contribution is 6.31. The quantitative estimate of drug-likeness (QED) is 0.903. The highest BCUT2D eigenvalue weighted by Gasteiger charge is 2.24. The van der Waals surface area contributed by atoms with Crippen molar-refractivity contribution in [2.75, 3.05) is 18.0 Å². The maximum absolute atomic E-state index is 13.7. The Morgan fingerprint density at radius 3 is 2.96 bits per heavy atom. The van der Waals surface area contributed by atoms with Crippen molar-refractivity contribution >= 4 is 23.3 Å².